The number of amides is 1. The van der Waals surface area contributed by atoms with Crippen molar-refractivity contribution >= 4 is 27.6 Å². The van der Waals surface area contributed by atoms with Gasteiger partial charge >= 0.3 is 5.97 Å². The summed E-state index contributed by atoms with van der Waals surface area (Å²) in [4.78, 5) is 23.8. The summed E-state index contributed by atoms with van der Waals surface area (Å²) in [7, 11) is -2.41. The zero-order valence-corrected chi connectivity index (χ0v) is 15.7. The lowest BCUT2D eigenvalue weighted by atomic mass is 10.0. The van der Waals surface area contributed by atoms with E-state index < -0.39 is 21.9 Å². The fraction of sp³-hybridized carbons (Fsp3) is 0.222. The molecule has 0 saturated heterocycles. The van der Waals surface area contributed by atoms with E-state index in [2.05, 4.69) is 10.0 Å². The number of aryl methyl sites for hydroxylation is 1. The number of hydrogen-bond acceptors (Lipinski definition) is 4. The first-order chi connectivity index (χ1) is 12.1. The number of sulfonamides is 1. The van der Waals surface area contributed by atoms with Crippen LogP contribution in [0.1, 0.15) is 37.4 Å². The lowest BCUT2D eigenvalue weighted by molar-refractivity contribution is 0.0695. The highest BCUT2D eigenvalue weighted by atomic mass is 32.2. The zero-order valence-electron chi connectivity index (χ0n) is 14.9. The first-order valence-electron chi connectivity index (χ1n) is 7.77. The largest absolute Gasteiger partial charge is 0.478 e. The molecule has 0 aliphatic carbocycles. The van der Waals surface area contributed by atoms with Crippen molar-refractivity contribution in [1.29, 1.82) is 0 Å². The van der Waals surface area contributed by atoms with Gasteiger partial charge in [0, 0.05) is 11.3 Å². The number of benzene rings is 2. The fourth-order valence-electron chi connectivity index (χ4n) is 2.54. The number of rotatable bonds is 5. The van der Waals surface area contributed by atoms with Gasteiger partial charge in [0.05, 0.1) is 10.5 Å². The minimum Gasteiger partial charge on any atom is -0.478 e. The summed E-state index contributed by atoms with van der Waals surface area (Å²) in [5.41, 5.74) is 2.23. The summed E-state index contributed by atoms with van der Waals surface area (Å²) in [5.74, 6) is -1.61. The van der Waals surface area contributed by atoms with E-state index in [4.69, 9.17) is 0 Å². The van der Waals surface area contributed by atoms with Gasteiger partial charge in [-0.3, -0.25) is 4.79 Å². The van der Waals surface area contributed by atoms with Crippen LogP contribution in [-0.4, -0.2) is 32.4 Å². The van der Waals surface area contributed by atoms with Crippen LogP contribution in [0, 0.1) is 20.8 Å². The van der Waals surface area contributed by atoms with E-state index in [1.54, 1.807) is 32.9 Å². The number of carbonyl (C=O) groups excluding carboxylic acids is 1. The first-order valence-corrected chi connectivity index (χ1v) is 9.26. The molecule has 1 amide bonds. The Labute approximate surface area is 152 Å². The van der Waals surface area contributed by atoms with Crippen molar-refractivity contribution in [2.24, 2.45) is 0 Å². The topological polar surface area (TPSA) is 113 Å². The van der Waals surface area contributed by atoms with Crippen LogP contribution in [0.2, 0.25) is 0 Å². The molecular formula is C18H20N2O5S. The Bertz CT molecular complexity index is 997. The second-order valence-corrected chi connectivity index (χ2v) is 7.72. The molecule has 0 heterocycles. The van der Waals surface area contributed by atoms with E-state index in [1.165, 1.54) is 25.2 Å². The van der Waals surface area contributed by atoms with Crippen molar-refractivity contribution in [2.45, 2.75) is 25.7 Å². The number of anilines is 1. The summed E-state index contributed by atoms with van der Waals surface area (Å²) >= 11 is 0. The molecule has 0 fully saturated rings. The van der Waals surface area contributed by atoms with Gasteiger partial charge in [0.15, 0.2) is 0 Å². The molecule has 0 aromatic heterocycles. The lowest BCUT2D eigenvalue weighted by Crippen LogP contribution is -2.21. The van der Waals surface area contributed by atoms with Gasteiger partial charge in [0.2, 0.25) is 10.0 Å². The van der Waals surface area contributed by atoms with E-state index in [1.807, 2.05) is 0 Å². The van der Waals surface area contributed by atoms with Gasteiger partial charge in [0.1, 0.15) is 0 Å². The highest BCUT2D eigenvalue weighted by Gasteiger charge is 2.20. The number of carboxylic acid groups (broad SMARTS) is 1. The van der Waals surface area contributed by atoms with Crippen molar-refractivity contribution in [3.05, 3.63) is 58.1 Å². The SMILES string of the molecule is CNS(=O)(=O)c1cc(C(=O)Nc2cccc(C(=O)O)c2C)cc(C)c1C. The summed E-state index contributed by atoms with van der Waals surface area (Å²) in [6.07, 6.45) is 0. The molecule has 0 aliphatic rings. The van der Waals surface area contributed by atoms with Gasteiger partial charge in [-0.2, -0.15) is 0 Å². The van der Waals surface area contributed by atoms with Crippen molar-refractivity contribution in [1.82, 2.24) is 4.72 Å². The summed E-state index contributed by atoms with van der Waals surface area (Å²) < 4.78 is 26.6. The smallest absolute Gasteiger partial charge is 0.336 e. The fourth-order valence-corrected chi connectivity index (χ4v) is 3.61. The number of hydrogen-bond donors (Lipinski definition) is 3. The summed E-state index contributed by atoms with van der Waals surface area (Å²) in [6.45, 7) is 4.98. The minimum atomic E-state index is -3.71. The van der Waals surface area contributed by atoms with Gasteiger partial charge in [-0.25, -0.2) is 17.9 Å². The second kappa shape index (κ2) is 7.27. The quantitative estimate of drug-likeness (QED) is 0.742. The monoisotopic (exact) mass is 376 g/mol. The normalized spacial score (nSPS) is 11.2. The molecule has 8 heteroatoms. The molecular weight excluding hydrogens is 356 g/mol. The number of carboxylic acids is 1. The van der Waals surface area contributed by atoms with Crippen molar-refractivity contribution < 1.29 is 23.1 Å². The van der Waals surface area contributed by atoms with Crippen LogP contribution < -0.4 is 10.0 Å². The molecule has 0 atom stereocenters. The van der Waals surface area contributed by atoms with Crippen molar-refractivity contribution in [3.63, 3.8) is 0 Å². The average molecular weight is 376 g/mol. The van der Waals surface area contributed by atoms with Crippen LogP contribution in [0.5, 0.6) is 0 Å². The molecule has 2 aromatic rings. The third kappa shape index (κ3) is 3.76. The zero-order chi connectivity index (χ0) is 19.6. The number of aromatic carboxylic acids is 1. The Morgan fingerprint density at radius 2 is 1.69 bits per heavy atom. The summed E-state index contributed by atoms with van der Waals surface area (Å²) in [5, 5.41) is 11.8. The molecule has 2 aromatic carbocycles. The standard InChI is InChI=1S/C18H20N2O5S/c1-10-8-13(9-16(11(10)2)26(24,25)19-4)17(21)20-15-7-5-6-14(12(15)3)18(22)23/h5-9,19H,1-4H3,(H,20,21)(H,22,23). The molecule has 3 N–H and O–H groups in total. The Morgan fingerprint density at radius 3 is 2.27 bits per heavy atom. The van der Waals surface area contributed by atoms with Crippen LogP contribution in [0.15, 0.2) is 35.2 Å². The van der Waals surface area contributed by atoms with Gasteiger partial charge in [0.25, 0.3) is 5.91 Å². The Balaban J connectivity index is 2.46. The minimum absolute atomic E-state index is 0.0289. The highest BCUT2D eigenvalue weighted by molar-refractivity contribution is 7.89. The molecule has 26 heavy (non-hydrogen) atoms. The van der Waals surface area contributed by atoms with Crippen LogP contribution in [-0.2, 0) is 10.0 Å². The molecule has 0 aliphatic heterocycles. The van der Waals surface area contributed by atoms with Gasteiger partial charge in [-0.05, 0) is 68.8 Å². The third-order valence-corrected chi connectivity index (χ3v) is 5.79. The van der Waals surface area contributed by atoms with Crippen molar-refractivity contribution in [3.8, 4) is 0 Å². The van der Waals surface area contributed by atoms with Crippen LogP contribution in [0.4, 0.5) is 5.69 Å². The van der Waals surface area contributed by atoms with Gasteiger partial charge in [-0.1, -0.05) is 6.07 Å². The highest BCUT2D eigenvalue weighted by Crippen LogP contribution is 2.23. The maximum absolute atomic E-state index is 12.6. The molecule has 0 spiro atoms. The number of carbonyl (C=O) groups is 2. The first kappa shape index (κ1) is 19.6. The van der Waals surface area contributed by atoms with Crippen LogP contribution >= 0.6 is 0 Å². The summed E-state index contributed by atoms with van der Waals surface area (Å²) in [6, 6.07) is 7.46. The predicted octanol–water partition coefficient (Wildman–Crippen LogP) is 2.47. The van der Waals surface area contributed by atoms with E-state index >= 15 is 0 Å². The molecule has 0 bridgehead atoms. The second-order valence-electron chi connectivity index (χ2n) is 5.86. The van der Waals surface area contributed by atoms with Crippen LogP contribution in [0.25, 0.3) is 0 Å². The number of nitrogens with one attached hydrogen (secondary N) is 2. The molecule has 0 saturated carbocycles. The lowest BCUT2D eigenvalue weighted by Gasteiger charge is -2.14. The van der Waals surface area contributed by atoms with Crippen LogP contribution in [0.3, 0.4) is 0 Å². The maximum Gasteiger partial charge on any atom is 0.336 e. The maximum atomic E-state index is 12.6. The van der Waals surface area contributed by atoms with Gasteiger partial charge < -0.3 is 10.4 Å². The molecule has 138 valence electrons. The molecule has 2 rings (SSSR count). The van der Waals surface area contributed by atoms with Gasteiger partial charge in [-0.15, -0.1) is 0 Å². The Hall–Kier alpha value is -2.71. The van der Waals surface area contributed by atoms with E-state index in [0.717, 1.165) is 0 Å². The molecule has 7 nitrogen and oxygen atoms in total. The van der Waals surface area contributed by atoms with E-state index in [0.29, 0.717) is 22.4 Å². The Morgan fingerprint density at radius 1 is 1.04 bits per heavy atom. The third-order valence-electron chi connectivity index (χ3n) is 4.25. The van der Waals surface area contributed by atoms with E-state index in [-0.39, 0.29) is 16.0 Å². The average Bonchev–Trinajstić information content (AvgIpc) is 2.58. The predicted molar refractivity (Wildman–Crippen MR) is 98.3 cm³/mol. The molecule has 0 unspecified atom stereocenters. The molecule has 0 radical (unpaired) electrons. The Kier molecular flexibility index (Phi) is 5.48. The van der Waals surface area contributed by atoms with Crippen molar-refractivity contribution in [2.75, 3.05) is 12.4 Å². The van der Waals surface area contributed by atoms with E-state index in [9.17, 15) is 23.1 Å².